The summed E-state index contributed by atoms with van der Waals surface area (Å²) < 4.78 is 0. The molecule has 2 aliphatic heterocycles. The highest BCUT2D eigenvalue weighted by molar-refractivity contribution is 7.99. The summed E-state index contributed by atoms with van der Waals surface area (Å²) in [6.07, 6.45) is 3.26. The van der Waals surface area contributed by atoms with Crippen LogP contribution in [0, 0.1) is 6.92 Å². The monoisotopic (exact) mass is 324 g/mol. The first-order chi connectivity index (χ1) is 10.0. The number of thiophene rings is 1. The van der Waals surface area contributed by atoms with Gasteiger partial charge in [-0.1, -0.05) is 6.92 Å². The van der Waals surface area contributed by atoms with Crippen LogP contribution in [0.1, 0.15) is 49.0 Å². The standard InChI is InChI=1S/C16H24N2OS2/c1-4-16(3)15(19)18(12-6-5-9-20-10-12)14(17-16)13-8-7-11(2)21-13/h7-8,12,14,17H,4-6,9-10H2,1-3H3. The highest BCUT2D eigenvalue weighted by Gasteiger charge is 2.50. The first kappa shape index (κ1) is 15.4. The lowest BCUT2D eigenvalue weighted by molar-refractivity contribution is -0.134. The van der Waals surface area contributed by atoms with Crippen LogP contribution < -0.4 is 5.32 Å². The van der Waals surface area contributed by atoms with Crippen LogP contribution in [0.2, 0.25) is 0 Å². The Hall–Kier alpha value is -0.520. The van der Waals surface area contributed by atoms with Crippen LogP contribution in [-0.2, 0) is 4.79 Å². The predicted molar refractivity (Wildman–Crippen MR) is 90.8 cm³/mol. The second-order valence-electron chi connectivity index (χ2n) is 6.26. The molecule has 0 aliphatic carbocycles. The number of carbonyl (C=O) groups excluding carboxylic acids is 1. The van der Waals surface area contributed by atoms with Crippen molar-refractivity contribution < 1.29 is 4.79 Å². The van der Waals surface area contributed by atoms with Gasteiger partial charge in [0.05, 0.1) is 5.54 Å². The van der Waals surface area contributed by atoms with E-state index in [2.05, 4.69) is 43.1 Å². The van der Waals surface area contributed by atoms with Gasteiger partial charge >= 0.3 is 0 Å². The fraction of sp³-hybridized carbons (Fsp3) is 0.688. The van der Waals surface area contributed by atoms with Crippen LogP contribution in [0.25, 0.3) is 0 Å². The summed E-state index contributed by atoms with van der Waals surface area (Å²) in [6, 6.07) is 4.71. The second kappa shape index (κ2) is 5.94. The van der Waals surface area contributed by atoms with Crippen molar-refractivity contribution in [1.29, 1.82) is 0 Å². The summed E-state index contributed by atoms with van der Waals surface area (Å²) >= 11 is 3.79. The maximum atomic E-state index is 13.0. The minimum Gasteiger partial charge on any atom is -0.317 e. The van der Waals surface area contributed by atoms with Gasteiger partial charge in [-0.05, 0) is 51.0 Å². The topological polar surface area (TPSA) is 32.3 Å². The fourth-order valence-electron chi connectivity index (χ4n) is 3.22. The zero-order chi connectivity index (χ0) is 15.0. The molecule has 2 aliphatic rings. The normalized spacial score (nSPS) is 33.7. The van der Waals surface area contributed by atoms with Crippen LogP contribution in [0.15, 0.2) is 12.1 Å². The zero-order valence-electron chi connectivity index (χ0n) is 13.0. The molecule has 0 aromatic carbocycles. The van der Waals surface area contributed by atoms with Crippen molar-refractivity contribution in [2.24, 2.45) is 0 Å². The molecule has 3 atom stereocenters. The van der Waals surface area contributed by atoms with Crippen LogP contribution in [0.5, 0.6) is 0 Å². The van der Waals surface area contributed by atoms with Gasteiger partial charge < -0.3 is 4.90 Å². The van der Waals surface area contributed by atoms with Crippen molar-refractivity contribution in [2.75, 3.05) is 11.5 Å². The number of aryl methyl sites for hydroxylation is 1. The van der Waals surface area contributed by atoms with E-state index in [0.717, 1.165) is 18.6 Å². The molecule has 3 heterocycles. The van der Waals surface area contributed by atoms with E-state index in [0.29, 0.717) is 6.04 Å². The highest BCUT2D eigenvalue weighted by atomic mass is 32.2. The molecule has 0 spiro atoms. The maximum Gasteiger partial charge on any atom is 0.244 e. The van der Waals surface area contributed by atoms with E-state index in [-0.39, 0.29) is 12.1 Å². The molecule has 1 amide bonds. The van der Waals surface area contributed by atoms with Crippen LogP contribution in [0.4, 0.5) is 0 Å². The lowest BCUT2D eigenvalue weighted by atomic mass is 9.98. The average Bonchev–Trinajstić information content (AvgIpc) is 3.03. The predicted octanol–water partition coefficient (Wildman–Crippen LogP) is 3.55. The van der Waals surface area contributed by atoms with E-state index in [1.165, 1.54) is 21.9 Å². The molecule has 1 aromatic heterocycles. The first-order valence-corrected chi connectivity index (χ1v) is 9.77. The molecule has 116 valence electrons. The Kier molecular flexibility index (Phi) is 4.35. The summed E-state index contributed by atoms with van der Waals surface area (Å²) in [6.45, 7) is 6.28. The van der Waals surface area contributed by atoms with Crippen LogP contribution >= 0.6 is 23.1 Å². The number of hydrogen-bond acceptors (Lipinski definition) is 4. The lowest BCUT2D eigenvalue weighted by Gasteiger charge is -2.34. The Morgan fingerprint density at radius 1 is 1.48 bits per heavy atom. The summed E-state index contributed by atoms with van der Waals surface area (Å²) in [7, 11) is 0. The van der Waals surface area contributed by atoms with Crippen molar-refractivity contribution >= 4 is 29.0 Å². The molecule has 3 rings (SSSR count). The molecule has 0 radical (unpaired) electrons. The molecule has 2 saturated heterocycles. The van der Waals surface area contributed by atoms with Gasteiger partial charge in [0.2, 0.25) is 5.91 Å². The lowest BCUT2D eigenvalue weighted by Crippen LogP contribution is -2.46. The summed E-state index contributed by atoms with van der Waals surface area (Å²) in [5.41, 5.74) is -0.412. The molecule has 1 aromatic rings. The first-order valence-electron chi connectivity index (χ1n) is 7.79. The van der Waals surface area contributed by atoms with Crippen LogP contribution in [0.3, 0.4) is 0 Å². The second-order valence-corrected chi connectivity index (χ2v) is 8.73. The largest absolute Gasteiger partial charge is 0.317 e. The highest BCUT2D eigenvalue weighted by Crippen LogP contribution is 2.39. The van der Waals surface area contributed by atoms with Gasteiger partial charge in [0.1, 0.15) is 6.17 Å². The van der Waals surface area contributed by atoms with Crippen molar-refractivity contribution in [2.45, 2.75) is 57.8 Å². The summed E-state index contributed by atoms with van der Waals surface area (Å²) in [5, 5.41) is 3.62. The number of carbonyl (C=O) groups is 1. The third-order valence-corrected chi connectivity index (χ3v) is 6.96. The van der Waals surface area contributed by atoms with Gasteiger partial charge in [0.15, 0.2) is 0 Å². The Morgan fingerprint density at radius 3 is 2.86 bits per heavy atom. The quantitative estimate of drug-likeness (QED) is 0.923. The van der Waals surface area contributed by atoms with Crippen molar-refractivity contribution in [1.82, 2.24) is 10.2 Å². The van der Waals surface area contributed by atoms with Gasteiger partial charge in [-0.2, -0.15) is 11.8 Å². The van der Waals surface area contributed by atoms with E-state index in [4.69, 9.17) is 0 Å². The molecule has 0 bridgehead atoms. The number of nitrogens with zero attached hydrogens (tertiary/aromatic N) is 1. The minimum atomic E-state index is -0.412. The maximum absolute atomic E-state index is 13.0. The zero-order valence-corrected chi connectivity index (χ0v) is 14.6. The van der Waals surface area contributed by atoms with Crippen molar-refractivity contribution in [3.63, 3.8) is 0 Å². The van der Waals surface area contributed by atoms with Gasteiger partial charge in [0, 0.05) is 21.5 Å². The van der Waals surface area contributed by atoms with Gasteiger partial charge in [0.25, 0.3) is 0 Å². The third kappa shape index (κ3) is 2.76. The molecule has 2 fully saturated rings. The van der Waals surface area contributed by atoms with E-state index < -0.39 is 5.54 Å². The SMILES string of the molecule is CCC1(C)NC(c2ccc(C)s2)N(C2CCCSC2)C1=O. The molecule has 5 heteroatoms. The summed E-state index contributed by atoms with van der Waals surface area (Å²) in [5.74, 6) is 2.60. The van der Waals surface area contributed by atoms with E-state index in [9.17, 15) is 4.79 Å². The minimum absolute atomic E-state index is 0.0600. The number of thioether (sulfide) groups is 1. The Labute approximate surface area is 135 Å². The molecular formula is C16H24N2OS2. The number of nitrogens with one attached hydrogen (secondary N) is 1. The molecule has 3 nitrogen and oxygen atoms in total. The Balaban J connectivity index is 1.93. The van der Waals surface area contributed by atoms with Crippen molar-refractivity contribution in [3.05, 3.63) is 21.9 Å². The van der Waals surface area contributed by atoms with E-state index >= 15 is 0 Å². The number of hydrogen-bond donors (Lipinski definition) is 1. The molecule has 0 saturated carbocycles. The average molecular weight is 325 g/mol. The number of rotatable bonds is 3. The number of amides is 1. The van der Waals surface area contributed by atoms with Crippen LogP contribution in [-0.4, -0.2) is 33.9 Å². The Bertz CT molecular complexity index is 524. The van der Waals surface area contributed by atoms with E-state index in [1.807, 2.05) is 11.8 Å². The van der Waals surface area contributed by atoms with Gasteiger partial charge in [-0.25, -0.2) is 0 Å². The fourth-order valence-corrected chi connectivity index (χ4v) is 5.28. The van der Waals surface area contributed by atoms with Gasteiger partial charge in [-0.3, -0.25) is 10.1 Å². The molecule has 1 N–H and O–H groups in total. The van der Waals surface area contributed by atoms with E-state index in [1.54, 1.807) is 11.3 Å². The summed E-state index contributed by atoms with van der Waals surface area (Å²) in [4.78, 5) is 17.7. The smallest absolute Gasteiger partial charge is 0.244 e. The van der Waals surface area contributed by atoms with Crippen molar-refractivity contribution in [3.8, 4) is 0 Å². The third-order valence-electron chi connectivity index (χ3n) is 4.71. The molecular weight excluding hydrogens is 300 g/mol. The van der Waals surface area contributed by atoms with Gasteiger partial charge in [-0.15, -0.1) is 11.3 Å². The molecule has 21 heavy (non-hydrogen) atoms. The molecule has 3 unspecified atom stereocenters. The Morgan fingerprint density at radius 2 is 2.29 bits per heavy atom.